The van der Waals surface area contributed by atoms with Crippen LogP contribution in [0.1, 0.15) is 49.4 Å². The van der Waals surface area contributed by atoms with Crippen LogP contribution < -0.4 is 0 Å². The lowest BCUT2D eigenvalue weighted by molar-refractivity contribution is -0.918. The summed E-state index contributed by atoms with van der Waals surface area (Å²) in [7, 11) is 4.46. The van der Waals surface area contributed by atoms with Crippen LogP contribution in [0.4, 0.5) is 0 Å². The first-order chi connectivity index (χ1) is 10.8. The monoisotopic (exact) mass is 358 g/mol. The number of quaternary nitrogens is 1. The highest BCUT2D eigenvalue weighted by atomic mass is 35.5. The van der Waals surface area contributed by atoms with Gasteiger partial charge >= 0.3 is 5.97 Å². The maximum Gasteiger partial charge on any atom is 0.340 e. The predicted octanol–water partition coefficient (Wildman–Crippen LogP) is 4.95. The summed E-state index contributed by atoms with van der Waals surface area (Å²) >= 11 is 11.9. The second-order valence-electron chi connectivity index (χ2n) is 7.09. The molecule has 1 aromatic rings. The van der Waals surface area contributed by atoms with E-state index in [1.165, 1.54) is 32.1 Å². The molecule has 2 rings (SSSR count). The molecule has 1 atom stereocenters. The number of rotatable bonds is 5. The fourth-order valence-electron chi connectivity index (χ4n) is 3.53. The van der Waals surface area contributed by atoms with E-state index in [0.717, 1.165) is 11.0 Å². The van der Waals surface area contributed by atoms with Crippen LogP contribution in [-0.2, 0) is 4.74 Å². The average molecular weight is 359 g/mol. The summed E-state index contributed by atoms with van der Waals surface area (Å²) in [5.74, 6) is -0.386. The molecule has 0 bridgehead atoms. The number of hydrogen-bond acceptors (Lipinski definition) is 2. The summed E-state index contributed by atoms with van der Waals surface area (Å²) < 4.78 is 6.49. The number of likely N-dealkylation sites (N-methyl/N-ethyl adjacent to an activating group) is 1. The van der Waals surface area contributed by atoms with E-state index < -0.39 is 0 Å². The summed E-state index contributed by atoms with van der Waals surface area (Å²) in [5.41, 5.74) is 0.367. The Labute approximate surface area is 149 Å². The van der Waals surface area contributed by atoms with Gasteiger partial charge in [0.15, 0.2) is 0 Å². The molecule has 1 fully saturated rings. The number of ether oxygens (including phenoxy) is 1. The molecule has 23 heavy (non-hydrogen) atoms. The Kier molecular flexibility index (Phi) is 6.35. The zero-order valence-corrected chi connectivity index (χ0v) is 15.7. The van der Waals surface area contributed by atoms with Crippen molar-refractivity contribution in [3.63, 3.8) is 0 Å². The summed E-state index contributed by atoms with van der Waals surface area (Å²) in [6, 6.07) is 5.48. The maximum absolute atomic E-state index is 12.3. The third kappa shape index (κ3) is 5.10. The molecule has 0 heterocycles. The van der Waals surface area contributed by atoms with Crippen molar-refractivity contribution < 1.29 is 14.0 Å². The van der Waals surface area contributed by atoms with Gasteiger partial charge in [0.1, 0.15) is 12.6 Å². The van der Waals surface area contributed by atoms with Crippen molar-refractivity contribution in [2.45, 2.75) is 51.2 Å². The van der Waals surface area contributed by atoms with Gasteiger partial charge in [-0.25, -0.2) is 4.79 Å². The van der Waals surface area contributed by atoms with Crippen LogP contribution >= 0.6 is 23.2 Å². The zero-order chi connectivity index (χ0) is 17.0. The molecule has 1 aromatic carbocycles. The van der Waals surface area contributed by atoms with E-state index >= 15 is 0 Å². The second kappa shape index (κ2) is 7.87. The number of carbonyl (C=O) groups excluding carboxylic acids is 1. The minimum Gasteiger partial charge on any atom is -0.453 e. The molecule has 0 amide bonds. The fraction of sp³-hybridized carbons (Fsp3) is 0.611. The highest BCUT2D eigenvalue weighted by Crippen LogP contribution is 2.27. The van der Waals surface area contributed by atoms with E-state index in [-0.39, 0.29) is 12.1 Å². The first kappa shape index (κ1) is 18.6. The molecule has 1 aliphatic rings. The molecule has 5 heteroatoms. The molecular weight excluding hydrogens is 333 g/mol. The molecule has 1 unspecified atom stereocenters. The van der Waals surface area contributed by atoms with Crippen LogP contribution in [0, 0.1) is 0 Å². The molecule has 1 aliphatic carbocycles. The largest absolute Gasteiger partial charge is 0.453 e. The molecule has 3 nitrogen and oxygen atoms in total. The molecule has 0 aromatic heterocycles. The number of benzene rings is 1. The van der Waals surface area contributed by atoms with Crippen LogP contribution in [-0.4, -0.2) is 43.2 Å². The van der Waals surface area contributed by atoms with Crippen LogP contribution in [0.15, 0.2) is 18.2 Å². The summed E-state index contributed by atoms with van der Waals surface area (Å²) in [4.78, 5) is 12.3. The minimum atomic E-state index is -0.386. The van der Waals surface area contributed by atoms with Gasteiger partial charge in [0.05, 0.1) is 30.7 Å². The van der Waals surface area contributed by atoms with Crippen LogP contribution in [0.3, 0.4) is 0 Å². The topological polar surface area (TPSA) is 26.3 Å². The van der Waals surface area contributed by atoms with Crippen molar-refractivity contribution in [1.82, 2.24) is 0 Å². The van der Waals surface area contributed by atoms with Gasteiger partial charge in [0, 0.05) is 5.02 Å². The average Bonchev–Trinajstić information content (AvgIpc) is 2.47. The normalized spacial score (nSPS) is 17.8. The standard InChI is InChI=1S/C18H26Cl2NO2/c1-13(12-21(2,3)15-7-5-4-6-8-15)23-18(22)16-10-9-14(19)11-17(16)20/h9-11,13,15H,4-8,12H2,1-3H3/q+1. The van der Waals surface area contributed by atoms with Crippen molar-refractivity contribution in [2.24, 2.45) is 0 Å². The molecule has 0 aliphatic heterocycles. The van der Waals surface area contributed by atoms with E-state index in [4.69, 9.17) is 27.9 Å². The Morgan fingerprint density at radius 3 is 2.52 bits per heavy atom. The first-order valence-corrected chi connectivity index (χ1v) is 9.04. The Hall–Kier alpha value is -0.770. The third-order valence-electron chi connectivity index (χ3n) is 4.75. The van der Waals surface area contributed by atoms with E-state index in [2.05, 4.69) is 14.1 Å². The number of esters is 1. The number of carbonyl (C=O) groups is 1. The lowest BCUT2D eigenvalue weighted by atomic mass is 9.93. The fourth-order valence-corrected chi connectivity index (χ4v) is 4.02. The van der Waals surface area contributed by atoms with Crippen LogP contribution in [0.5, 0.6) is 0 Å². The summed E-state index contributed by atoms with van der Waals surface area (Å²) in [6.45, 7) is 2.76. The molecular formula is C18H26Cl2NO2+. The van der Waals surface area contributed by atoms with Crippen LogP contribution in [0.2, 0.25) is 10.0 Å². The van der Waals surface area contributed by atoms with Gasteiger partial charge in [-0.3, -0.25) is 0 Å². The van der Waals surface area contributed by atoms with Gasteiger partial charge in [0.2, 0.25) is 0 Å². The molecule has 0 saturated heterocycles. The van der Waals surface area contributed by atoms with Gasteiger partial charge in [-0.05, 0) is 50.8 Å². The lowest BCUT2D eigenvalue weighted by Crippen LogP contribution is -2.53. The molecule has 0 spiro atoms. The van der Waals surface area contributed by atoms with Crippen molar-refractivity contribution >= 4 is 29.2 Å². The van der Waals surface area contributed by atoms with E-state index in [1.54, 1.807) is 18.2 Å². The van der Waals surface area contributed by atoms with E-state index in [0.29, 0.717) is 21.7 Å². The Morgan fingerprint density at radius 2 is 1.91 bits per heavy atom. The summed E-state index contributed by atoms with van der Waals surface area (Å²) in [6.07, 6.45) is 6.32. The van der Waals surface area contributed by atoms with Crippen molar-refractivity contribution in [3.8, 4) is 0 Å². The molecule has 128 valence electrons. The van der Waals surface area contributed by atoms with Gasteiger partial charge in [-0.1, -0.05) is 29.6 Å². The van der Waals surface area contributed by atoms with Gasteiger partial charge in [0.25, 0.3) is 0 Å². The van der Waals surface area contributed by atoms with Gasteiger partial charge in [-0.15, -0.1) is 0 Å². The summed E-state index contributed by atoms with van der Waals surface area (Å²) in [5, 5.41) is 0.838. The minimum absolute atomic E-state index is 0.161. The smallest absolute Gasteiger partial charge is 0.340 e. The maximum atomic E-state index is 12.3. The highest BCUT2D eigenvalue weighted by Gasteiger charge is 2.32. The molecule has 0 N–H and O–H groups in total. The Balaban J connectivity index is 1.95. The van der Waals surface area contributed by atoms with Gasteiger partial charge < -0.3 is 9.22 Å². The Bertz CT molecular complexity index is 554. The highest BCUT2D eigenvalue weighted by molar-refractivity contribution is 6.36. The van der Waals surface area contributed by atoms with Crippen LogP contribution in [0.25, 0.3) is 0 Å². The Morgan fingerprint density at radius 1 is 1.26 bits per heavy atom. The zero-order valence-electron chi connectivity index (χ0n) is 14.1. The number of halogens is 2. The number of nitrogens with zero attached hydrogens (tertiary/aromatic N) is 1. The van der Waals surface area contributed by atoms with Crippen molar-refractivity contribution in [1.29, 1.82) is 0 Å². The van der Waals surface area contributed by atoms with E-state index in [9.17, 15) is 4.79 Å². The van der Waals surface area contributed by atoms with Crippen molar-refractivity contribution in [3.05, 3.63) is 33.8 Å². The van der Waals surface area contributed by atoms with Gasteiger partial charge in [-0.2, -0.15) is 0 Å². The third-order valence-corrected chi connectivity index (χ3v) is 5.30. The molecule has 1 saturated carbocycles. The van der Waals surface area contributed by atoms with Crippen molar-refractivity contribution in [2.75, 3.05) is 20.6 Å². The predicted molar refractivity (Wildman–Crippen MR) is 95.2 cm³/mol. The quantitative estimate of drug-likeness (QED) is 0.549. The lowest BCUT2D eigenvalue weighted by Gasteiger charge is -2.41. The number of hydrogen-bond donors (Lipinski definition) is 0. The molecule has 0 radical (unpaired) electrons. The SMILES string of the molecule is CC(C[N+](C)(C)C1CCCCC1)OC(=O)c1ccc(Cl)cc1Cl. The van der Waals surface area contributed by atoms with E-state index in [1.807, 2.05) is 6.92 Å². The first-order valence-electron chi connectivity index (χ1n) is 8.28. The second-order valence-corrected chi connectivity index (χ2v) is 7.94.